The van der Waals surface area contributed by atoms with Crippen LogP contribution in [0.25, 0.3) is 23.2 Å². The van der Waals surface area contributed by atoms with Gasteiger partial charge in [0.25, 0.3) is 5.91 Å². The molecule has 3 heterocycles. The van der Waals surface area contributed by atoms with Gasteiger partial charge in [-0.15, -0.1) is 0 Å². The van der Waals surface area contributed by atoms with Crippen molar-refractivity contribution in [1.82, 2.24) is 19.7 Å². The lowest BCUT2D eigenvalue weighted by atomic mass is 10.0. The van der Waals surface area contributed by atoms with Crippen molar-refractivity contribution in [2.24, 2.45) is 0 Å². The summed E-state index contributed by atoms with van der Waals surface area (Å²) in [6, 6.07) is 23.1. The number of aromatic nitrogens is 4. The molecule has 1 amide bonds. The van der Waals surface area contributed by atoms with Gasteiger partial charge in [0.1, 0.15) is 5.69 Å². The molecule has 5 rings (SSSR count). The summed E-state index contributed by atoms with van der Waals surface area (Å²) in [5.41, 5.74) is 3.42. The van der Waals surface area contributed by atoms with Crippen LogP contribution in [0, 0.1) is 0 Å². The molecule has 34 heavy (non-hydrogen) atoms. The van der Waals surface area contributed by atoms with Crippen molar-refractivity contribution in [3.8, 4) is 0 Å². The minimum Gasteiger partial charge on any atom is -0.321 e. The van der Waals surface area contributed by atoms with Crippen LogP contribution < -0.4 is 5.32 Å². The zero-order chi connectivity index (χ0) is 23.3. The molecule has 5 aromatic rings. The predicted molar refractivity (Wildman–Crippen MR) is 131 cm³/mol. The molecule has 0 aliphatic carbocycles. The second-order valence-corrected chi connectivity index (χ2v) is 7.51. The Labute approximate surface area is 195 Å². The number of carbonyl (C=O) groups is 2. The van der Waals surface area contributed by atoms with E-state index in [1.165, 1.54) is 0 Å². The van der Waals surface area contributed by atoms with E-state index in [9.17, 15) is 9.59 Å². The fraction of sp³-hybridized carbons (Fsp3) is 0. The number of fused-ring (bicyclic) bond motifs is 1. The predicted octanol–water partition coefficient (Wildman–Crippen LogP) is 4.94. The van der Waals surface area contributed by atoms with Crippen LogP contribution >= 0.6 is 0 Å². The zero-order valence-electron chi connectivity index (χ0n) is 18.0. The summed E-state index contributed by atoms with van der Waals surface area (Å²) >= 11 is 0. The standard InChI is InChI=1S/C27H19N5O2/c33-26(19-6-5-8-23(16-19)31-27(34)24-9-2-4-14-29-24)20-10-11-21-18-30-32(25(21)17-20)15-12-22-7-1-3-13-28-22/h1-18H,(H,31,34). The lowest BCUT2D eigenvalue weighted by molar-refractivity contribution is 0.101. The molecule has 7 nitrogen and oxygen atoms in total. The number of benzene rings is 2. The van der Waals surface area contributed by atoms with E-state index < -0.39 is 0 Å². The quantitative estimate of drug-likeness (QED) is 0.374. The van der Waals surface area contributed by atoms with E-state index in [1.807, 2.05) is 42.6 Å². The Morgan fingerprint density at radius 2 is 1.65 bits per heavy atom. The van der Waals surface area contributed by atoms with Crippen molar-refractivity contribution in [3.63, 3.8) is 0 Å². The van der Waals surface area contributed by atoms with Crippen molar-refractivity contribution in [3.05, 3.63) is 120 Å². The van der Waals surface area contributed by atoms with Crippen molar-refractivity contribution in [2.45, 2.75) is 0 Å². The maximum atomic E-state index is 13.2. The van der Waals surface area contributed by atoms with E-state index in [2.05, 4.69) is 20.4 Å². The molecule has 164 valence electrons. The Morgan fingerprint density at radius 1 is 0.824 bits per heavy atom. The molecule has 0 fully saturated rings. The molecule has 0 unspecified atom stereocenters. The highest BCUT2D eigenvalue weighted by Crippen LogP contribution is 2.21. The van der Waals surface area contributed by atoms with Crippen LogP contribution in [0.15, 0.2) is 97.5 Å². The molecule has 0 saturated carbocycles. The lowest BCUT2D eigenvalue weighted by Gasteiger charge is -2.07. The number of hydrogen-bond donors (Lipinski definition) is 1. The monoisotopic (exact) mass is 445 g/mol. The third-order valence-corrected chi connectivity index (χ3v) is 5.22. The molecule has 0 saturated heterocycles. The molecule has 1 N–H and O–H groups in total. The number of rotatable bonds is 6. The van der Waals surface area contributed by atoms with Crippen LogP contribution in [0.5, 0.6) is 0 Å². The van der Waals surface area contributed by atoms with Crippen LogP contribution in [0.4, 0.5) is 5.69 Å². The Bertz CT molecular complexity index is 1510. The van der Waals surface area contributed by atoms with Crippen molar-refractivity contribution in [1.29, 1.82) is 0 Å². The molecule has 0 radical (unpaired) electrons. The average Bonchev–Trinajstić information content (AvgIpc) is 3.30. The van der Waals surface area contributed by atoms with Gasteiger partial charge >= 0.3 is 0 Å². The number of nitrogens with one attached hydrogen (secondary N) is 1. The van der Waals surface area contributed by atoms with Crippen molar-refractivity contribution >= 4 is 40.6 Å². The maximum absolute atomic E-state index is 13.2. The maximum Gasteiger partial charge on any atom is 0.274 e. The summed E-state index contributed by atoms with van der Waals surface area (Å²) in [5.74, 6) is -0.493. The van der Waals surface area contributed by atoms with Crippen molar-refractivity contribution in [2.75, 3.05) is 5.32 Å². The Morgan fingerprint density at radius 3 is 2.44 bits per heavy atom. The van der Waals surface area contributed by atoms with Crippen LogP contribution in [0.2, 0.25) is 0 Å². The topological polar surface area (TPSA) is 89.8 Å². The molecule has 0 bridgehead atoms. The zero-order valence-corrected chi connectivity index (χ0v) is 18.0. The summed E-state index contributed by atoms with van der Waals surface area (Å²) in [4.78, 5) is 34.0. The third-order valence-electron chi connectivity index (χ3n) is 5.22. The van der Waals surface area contributed by atoms with Crippen molar-refractivity contribution < 1.29 is 9.59 Å². The second-order valence-electron chi connectivity index (χ2n) is 7.51. The molecule has 0 aliphatic heterocycles. The second kappa shape index (κ2) is 9.30. The van der Waals surface area contributed by atoms with Crippen LogP contribution in [-0.4, -0.2) is 31.4 Å². The van der Waals surface area contributed by atoms with Gasteiger partial charge in [-0.1, -0.05) is 36.4 Å². The largest absolute Gasteiger partial charge is 0.321 e. The van der Waals surface area contributed by atoms with E-state index in [1.54, 1.807) is 71.8 Å². The van der Waals surface area contributed by atoms with Crippen LogP contribution in [-0.2, 0) is 0 Å². The SMILES string of the molecule is O=C(c1cccc(NC(=O)c2ccccn2)c1)c1ccc2cnn(C=Cc3ccccn3)c2c1. The average molecular weight is 445 g/mol. The van der Waals surface area contributed by atoms with E-state index >= 15 is 0 Å². The summed E-state index contributed by atoms with van der Waals surface area (Å²) in [5, 5.41) is 8.10. The van der Waals surface area contributed by atoms with Gasteiger partial charge < -0.3 is 5.32 Å². The Hall–Kier alpha value is -4.91. The summed E-state index contributed by atoms with van der Waals surface area (Å²) < 4.78 is 1.71. The fourth-order valence-electron chi connectivity index (χ4n) is 3.52. The highest BCUT2D eigenvalue weighted by atomic mass is 16.2. The number of nitrogens with zero attached hydrogens (tertiary/aromatic N) is 4. The molecule has 2 aromatic carbocycles. The highest BCUT2D eigenvalue weighted by molar-refractivity contribution is 6.11. The van der Waals surface area contributed by atoms with Gasteiger partial charge in [0.2, 0.25) is 0 Å². The van der Waals surface area contributed by atoms with E-state index in [-0.39, 0.29) is 11.7 Å². The smallest absolute Gasteiger partial charge is 0.274 e. The van der Waals surface area contributed by atoms with Crippen LogP contribution in [0.1, 0.15) is 32.1 Å². The highest BCUT2D eigenvalue weighted by Gasteiger charge is 2.13. The summed E-state index contributed by atoms with van der Waals surface area (Å²) in [7, 11) is 0. The first-order chi connectivity index (χ1) is 16.7. The van der Waals surface area contributed by atoms with E-state index in [4.69, 9.17) is 0 Å². The summed E-state index contributed by atoms with van der Waals surface area (Å²) in [6.07, 6.45) is 8.70. The minimum absolute atomic E-state index is 0.155. The molecule has 0 spiro atoms. The Kier molecular flexibility index (Phi) is 5.73. The van der Waals surface area contributed by atoms with E-state index in [0.29, 0.717) is 22.5 Å². The summed E-state index contributed by atoms with van der Waals surface area (Å²) in [6.45, 7) is 0. The van der Waals surface area contributed by atoms with Gasteiger partial charge in [-0.25, -0.2) is 4.68 Å². The minimum atomic E-state index is -0.338. The van der Waals surface area contributed by atoms with Gasteiger partial charge in [-0.3, -0.25) is 19.6 Å². The first-order valence-corrected chi connectivity index (χ1v) is 10.6. The van der Waals surface area contributed by atoms with Gasteiger partial charge in [0.05, 0.1) is 17.4 Å². The lowest BCUT2D eigenvalue weighted by Crippen LogP contribution is -2.13. The molecule has 0 aliphatic rings. The van der Waals surface area contributed by atoms with Gasteiger partial charge in [0.15, 0.2) is 5.78 Å². The van der Waals surface area contributed by atoms with Crippen LogP contribution in [0.3, 0.4) is 0 Å². The number of hydrogen-bond acceptors (Lipinski definition) is 5. The first kappa shape index (κ1) is 21.0. The number of anilines is 1. The van der Waals surface area contributed by atoms with Gasteiger partial charge in [-0.05, 0) is 48.5 Å². The Balaban J connectivity index is 1.39. The van der Waals surface area contributed by atoms with E-state index in [0.717, 1.165) is 16.6 Å². The van der Waals surface area contributed by atoms with Gasteiger partial charge in [-0.2, -0.15) is 5.10 Å². The number of pyridine rings is 2. The fourth-order valence-corrected chi connectivity index (χ4v) is 3.52. The molecular formula is C27H19N5O2. The first-order valence-electron chi connectivity index (χ1n) is 10.6. The number of ketones is 1. The van der Waals surface area contributed by atoms with Gasteiger partial charge in [0, 0.05) is 40.8 Å². The molecule has 0 atom stereocenters. The number of amides is 1. The third kappa shape index (κ3) is 4.49. The molecular weight excluding hydrogens is 426 g/mol. The molecule has 7 heteroatoms. The number of carbonyl (C=O) groups excluding carboxylic acids is 2. The normalized spacial score (nSPS) is 11.1. The molecule has 3 aromatic heterocycles.